The SMILES string of the molecule is CCOC(=O)c1cc(NC(=O)CN(c2ccc(C)c(Cl)c2)S(=O)(=O)c2ccccc2)ccc1Cl. The van der Waals surface area contributed by atoms with E-state index in [9.17, 15) is 18.0 Å². The standard InChI is InChI=1S/C24H22Cl2N2O5S/c1-3-33-24(30)20-13-17(10-12-21(20)25)27-23(29)15-28(18-11-9-16(2)22(26)14-18)34(31,32)19-7-5-4-6-8-19/h4-14H,3,15H2,1-2H3,(H,27,29). The van der Waals surface area contributed by atoms with Crippen LogP contribution in [0.3, 0.4) is 0 Å². The van der Waals surface area contributed by atoms with Gasteiger partial charge in [-0.2, -0.15) is 0 Å². The van der Waals surface area contributed by atoms with E-state index >= 15 is 0 Å². The first-order valence-corrected chi connectivity index (χ1v) is 12.4. The van der Waals surface area contributed by atoms with Crippen molar-refractivity contribution in [2.45, 2.75) is 18.7 Å². The average Bonchev–Trinajstić information content (AvgIpc) is 2.81. The molecule has 0 fully saturated rings. The summed E-state index contributed by atoms with van der Waals surface area (Å²) in [6.45, 7) is 3.08. The van der Waals surface area contributed by atoms with Crippen LogP contribution in [0.5, 0.6) is 0 Å². The number of aryl methyl sites for hydroxylation is 1. The summed E-state index contributed by atoms with van der Waals surface area (Å²) < 4.78 is 32.7. The van der Waals surface area contributed by atoms with Gasteiger partial charge in [0.15, 0.2) is 0 Å². The third-order valence-electron chi connectivity index (χ3n) is 4.81. The minimum absolute atomic E-state index is 0.0237. The van der Waals surface area contributed by atoms with Crippen molar-refractivity contribution >= 4 is 56.5 Å². The summed E-state index contributed by atoms with van der Waals surface area (Å²) in [4.78, 5) is 25.0. The first-order chi connectivity index (χ1) is 16.1. The van der Waals surface area contributed by atoms with Crippen molar-refractivity contribution < 1.29 is 22.7 Å². The summed E-state index contributed by atoms with van der Waals surface area (Å²) in [5, 5.41) is 3.14. The molecule has 3 aromatic rings. The maximum Gasteiger partial charge on any atom is 0.339 e. The van der Waals surface area contributed by atoms with Crippen LogP contribution in [0, 0.1) is 6.92 Å². The fourth-order valence-electron chi connectivity index (χ4n) is 3.07. The molecular weight excluding hydrogens is 499 g/mol. The predicted molar refractivity (Wildman–Crippen MR) is 133 cm³/mol. The van der Waals surface area contributed by atoms with Crippen LogP contribution in [0.4, 0.5) is 11.4 Å². The number of esters is 1. The first-order valence-electron chi connectivity index (χ1n) is 10.2. The molecule has 0 saturated carbocycles. The normalized spacial score (nSPS) is 11.1. The monoisotopic (exact) mass is 520 g/mol. The lowest BCUT2D eigenvalue weighted by Gasteiger charge is -2.24. The van der Waals surface area contributed by atoms with Crippen LogP contribution in [0.2, 0.25) is 10.0 Å². The molecule has 0 bridgehead atoms. The topological polar surface area (TPSA) is 92.8 Å². The van der Waals surface area contributed by atoms with Crippen LogP contribution in [-0.4, -0.2) is 33.4 Å². The Bertz CT molecular complexity index is 1310. The van der Waals surface area contributed by atoms with Gasteiger partial charge in [0, 0.05) is 10.7 Å². The quantitative estimate of drug-likeness (QED) is 0.406. The van der Waals surface area contributed by atoms with Gasteiger partial charge in [-0.15, -0.1) is 0 Å². The van der Waals surface area contributed by atoms with Gasteiger partial charge in [-0.3, -0.25) is 9.10 Å². The minimum atomic E-state index is -4.09. The maximum atomic E-state index is 13.4. The number of amides is 1. The molecule has 10 heteroatoms. The Hall–Kier alpha value is -3.07. The number of carbonyl (C=O) groups excluding carboxylic acids is 2. The molecule has 1 amide bonds. The molecule has 0 atom stereocenters. The highest BCUT2D eigenvalue weighted by Gasteiger charge is 2.27. The molecule has 0 aliphatic carbocycles. The van der Waals surface area contributed by atoms with Crippen molar-refractivity contribution in [3.63, 3.8) is 0 Å². The third-order valence-corrected chi connectivity index (χ3v) is 7.33. The van der Waals surface area contributed by atoms with Crippen molar-refractivity contribution in [3.05, 3.63) is 87.9 Å². The molecule has 0 saturated heterocycles. The molecule has 34 heavy (non-hydrogen) atoms. The Balaban J connectivity index is 1.93. The second-order valence-electron chi connectivity index (χ2n) is 7.22. The second kappa shape index (κ2) is 10.9. The highest BCUT2D eigenvalue weighted by molar-refractivity contribution is 7.92. The van der Waals surface area contributed by atoms with Crippen LogP contribution in [-0.2, 0) is 19.6 Å². The Morgan fingerprint density at radius 1 is 0.971 bits per heavy atom. The molecule has 0 radical (unpaired) electrons. The summed E-state index contributed by atoms with van der Waals surface area (Å²) in [5.74, 6) is -1.26. The van der Waals surface area contributed by atoms with E-state index in [1.165, 1.54) is 36.4 Å². The lowest BCUT2D eigenvalue weighted by molar-refractivity contribution is -0.114. The number of hydrogen-bond acceptors (Lipinski definition) is 5. The van der Waals surface area contributed by atoms with Gasteiger partial charge in [-0.1, -0.05) is 47.5 Å². The molecule has 0 unspecified atom stereocenters. The molecule has 0 heterocycles. The van der Waals surface area contributed by atoms with E-state index in [-0.39, 0.29) is 33.5 Å². The fraction of sp³-hybridized carbons (Fsp3) is 0.167. The van der Waals surface area contributed by atoms with Crippen LogP contribution < -0.4 is 9.62 Å². The molecule has 0 aliphatic rings. The van der Waals surface area contributed by atoms with E-state index in [4.69, 9.17) is 27.9 Å². The van der Waals surface area contributed by atoms with E-state index in [0.29, 0.717) is 5.02 Å². The Morgan fingerprint density at radius 3 is 2.32 bits per heavy atom. The van der Waals surface area contributed by atoms with Crippen LogP contribution in [0.1, 0.15) is 22.8 Å². The largest absolute Gasteiger partial charge is 0.462 e. The van der Waals surface area contributed by atoms with Crippen molar-refractivity contribution in [2.24, 2.45) is 0 Å². The van der Waals surface area contributed by atoms with Gasteiger partial charge in [0.05, 0.1) is 27.8 Å². The van der Waals surface area contributed by atoms with Gasteiger partial charge in [-0.05, 0) is 61.9 Å². The van der Waals surface area contributed by atoms with Gasteiger partial charge in [-0.25, -0.2) is 13.2 Å². The van der Waals surface area contributed by atoms with E-state index in [0.717, 1.165) is 9.87 Å². The van der Waals surface area contributed by atoms with Gasteiger partial charge < -0.3 is 10.1 Å². The van der Waals surface area contributed by atoms with Crippen molar-refractivity contribution in [1.29, 1.82) is 0 Å². The van der Waals surface area contributed by atoms with E-state index in [1.807, 2.05) is 0 Å². The van der Waals surface area contributed by atoms with Crippen LogP contribution >= 0.6 is 23.2 Å². The van der Waals surface area contributed by atoms with Gasteiger partial charge in [0.25, 0.3) is 10.0 Å². The highest BCUT2D eigenvalue weighted by atomic mass is 35.5. The average molecular weight is 521 g/mol. The number of rotatable bonds is 8. The number of nitrogens with zero attached hydrogens (tertiary/aromatic N) is 1. The molecule has 7 nitrogen and oxygen atoms in total. The maximum absolute atomic E-state index is 13.4. The fourth-order valence-corrected chi connectivity index (χ4v) is 4.87. The molecule has 3 aromatic carbocycles. The molecule has 0 aromatic heterocycles. The number of halogens is 2. The summed E-state index contributed by atoms with van der Waals surface area (Å²) >= 11 is 12.3. The highest BCUT2D eigenvalue weighted by Crippen LogP contribution is 2.28. The van der Waals surface area contributed by atoms with Crippen molar-refractivity contribution in [1.82, 2.24) is 0 Å². The number of sulfonamides is 1. The minimum Gasteiger partial charge on any atom is -0.462 e. The second-order valence-corrected chi connectivity index (χ2v) is 9.90. The molecule has 178 valence electrons. The zero-order valence-electron chi connectivity index (χ0n) is 18.4. The van der Waals surface area contributed by atoms with Gasteiger partial charge >= 0.3 is 5.97 Å². The lowest BCUT2D eigenvalue weighted by Crippen LogP contribution is -2.38. The molecule has 0 aliphatic heterocycles. The lowest BCUT2D eigenvalue weighted by atomic mass is 10.2. The molecule has 0 spiro atoms. The zero-order chi connectivity index (χ0) is 24.9. The number of benzene rings is 3. The summed E-state index contributed by atoms with van der Waals surface area (Å²) in [5.41, 5.74) is 1.34. The van der Waals surface area contributed by atoms with Gasteiger partial charge in [0.2, 0.25) is 5.91 Å². The molecular formula is C24H22Cl2N2O5S. The Labute approximate surface area is 208 Å². The van der Waals surface area contributed by atoms with Crippen LogP contribution in [0.15, 0.2) is 71.6 Å². The summed E-state index contributed by atoms with van der Waals surface area (Å²) in [6.07, 6.45) is 0. The molecule has 1 N–H and O–H groups in total. The summed E-state index contributed by atoms with van der Waals surface area (Å²) in [7, 11) is -4.09. The third kappa shape index (κ3) is 5.88. The number of ether oxygens (including phenoxy) is 1. The van der Waals surface area contributed by atoms with Gasteiger partial charge in [0.1, 0.15) is 6.54 Å². The zero-order valence-corrected chi connectivity index (χ0v) is 20.7. The number of anilines is 2. The van der Waals surface area contributed by atoms with E-state index in [1.54, 1.807) is 44.2 Å². The number of hydrogen-bond donors (Lipinski definition) is 1. The number of nitrogens with one attached hydrogen (secondary N) is 1. The Morgan fingerprint density at radius 2 is 1.68 bits per heavy atom. The van der Waals surface area contributed by atoms with Crippen LogP contribution in [0.25, 0.3) is 0 Å². The van der Waals surface area contributed by atoms with E-state index in [2.05, 4.69) is 5.32 Å². The predicted octanol–water partition coefficient (Wildman–Crippen LogP) is 5.31. The van der Waals surface area contributed by atoms with Crippen molar-refractivity contribution in [3.8, 4) is 0 Å². The summed E-state index contributed by atoms with van der Waals surface area (Å²) in [6, 6.07) is 16.8. The van der Waals surface area contributed by atoms with Crippen molar-refractivity contribution in [2.75, 3.05) is 22.8 Å². The molecule has 3 rings (SSSR count). The first kappa shape index (κ1) is 25.6. The number of carbonyl (C=O) groups is 2. The Kier molecular flexibility index (Phi) is 8.19. The van der Waals surface area contributed by atoms with E-state index < -0.39 is 28.4 Å². The smallest absolute Gasteiger partial charge is 0.339 e.